The lowest BCUT2D eigenvalue weighted by atomic mass is 10.1. The molecule has 0 aromatic carbocycles. The van der Waals surface area contributed by atoms with Crippen LogP contribution in [0.3, 0.4) is 0 Å². The Hall–Kier alpha value is 0.350. The van der Waals surface area contributed by atoms with Crippen molar-refractivity contribution in [1.82, 2.24) is 0 Å². The lowest BCUT2D eigenvalue weighted by Crippen LogP contribution is -2.11. The number of hydrogen-bond donors (Lipinski definition) is 0. The van der Waals surface area contributed by atoms with Gasteiger partial charge >= 0.3 is 0 Å². The molecule has 0 aromatic heterocycles. The summed E-state index contributed by atoms with van der Waals surface area (Å²) in [6, 6.07) is 0. The highest BCUT2D eigenvalue weighted by atomic mass is 32.2. The lowest BCUT2D eigenvalue weighted by molar-refractivity contribution is 0.641. The van der Waals surface area contributed by atoms with E-state index in [9.17, 15) is 0 Å². The summed E-state index contributed by atoms with van der Waals surface area (Å²) in [7, 11) is 0. The molecule has 0 nitrogen and oxygen atoms in total. The molecule has 1 rings (SSSR count). The van der Waals surface area contributed by atoms with Gasteiger partial charge in [0.25, 0.3) is 0 Å². The maximum Gasteiger partial charge on any atom is 0.00214 e. The molecule has 0 amide bonds. The lowest BCUT2D eigenvalue weighted by Gasteiger charge is -2.22. The molecule has 0 spiro atoms. The molecule has 48 valence electrons. The van der Waals surface area contributed by atoms with Crippen molar-refractivity contribution in [3.05, 3.63) is 0 Å². The van der Waals surface area contributed by atoms with Gasteiger partial charge in [-0.2, -0.15) is 11.8 Å². The Kier molecular flexibility index (Phi) is 2.24. The van der Waals surface area contributed by atoms with E-state index in [0.29, 0.717) is 0 Å². The first-order chi connectivity index (χ1) is 3.79. The minimum Gasteiger partial charge on any atom is -0.156 e. The molecule has 1 unspecified atom stereocenters. The highest BCUT2D eigenvalue weighted by Gasteiger charge is 2.14. The van der Waals surface area contributed by atoms with Gasteiger partial charge in [-0.05, 0) is 12.8 Å². The van der Waals surface area contributed by atoms with Gasteiger partial charge in [0.2, 0.25) is 0 Å². The highest BCUT2D eigenvalue weighted by Crippen LogP contribution is 2.30. The molecule has 1 saturated heterocycles. The summed E-state index contributed by atoms with van der Waals surface area (Å²) >= 11 is 2.14. The van der Waals surface area contributed by atoms with E-state index in [4.69, 9.17) is 0 Å². The Bertz CT molecular complexity index is 62.8. The second-order valence-corrected chi connectivity index (χ2v) is 4.57. The third-order valence-corrected chi connectivity index (χ3v) is 3.09. The molecule has 1 aliphatic rings. The summed E-state index contributed by atoms with van der Waals surface area (Å²) in [6.07, 6.45) is 4.33. The quantitative estimate of drug-likeness (QED) is 0.486. The predicted octanol–water partition coefficient (Wildman–Crippen LogP) is 2.68. The van der Waals surface area contributed by atoms with Crippen molar-refractivity contribution < 1.29 is 0 Å². The summed E-state index contributed by atoms with van der Waals surface area (Å²) < 4.78 is 0. The Labute approximate surface area is 56.0 Å². The van der Waals surface area contributed by atoms with E-state index >= 15 is 0 Å². The van der Waals surface area contributed by atoms with E-state index in [1.807, 2.05) is 0 Å². The van der Waals surface area contributed by atoms with Gasteiger partial charge in [-0.15, -0.1) is 0 Å². The molecule has 1 aliphatic heterocycles. The molecule has 2 atom stereocenters. The molecule has 0 aliphatic carbocycles. The number of thioether (sulfide) groups is 1. The van der Waals surface area contributed by atoms with E-state index in [-0.39, 0.29) is 0 Å². The fraction of sp³-hybridized carbons (Fsp3) is 1.00. The Morgan fingerprint density at radius 2 is 1.62 bits per heavy atom. The molecule has 0 aromatic rings. The molecule has 8 heavy (non-hydrogen) atoms. The van der Waals surface area contributed by atoms with E-state index < -0.39 is 0 Å². The summed E-state index contributed by atoms with van der Waals surface area (Å²) in [4.78, 5) is 0. The van der Waals surface area contributed by atoms with Crippen LogP contribution in [0.1, 0.15) is 33.1 Å². The van der Waals surface area contributed by atoms with Crippen LogP contribution in [-0.4, -0.2) is 10.5 Å². The van der Waals surface area contributed by atoms with Crippen LogP contribution in [0.5, 0.6) is 0 Å². The van der Waals surface area contributed by atoms with Gasteiger partial charge < -0.3 is 0 Å². The van der Waals surface area contributed by atoms with Crippen LogP contribution in [0.15, 0.2) is 0 Å². The van der Waals surface area contributed by atoms with E-state index in [1.54, 1.807) is 0 Å². The summed E-state index contributed by atoms with van der Waals surface area (Å²) in [5.74, 6) is 0. The van der Waals surface area contributed by atoms with Crippen LogP contribution < -0.4 is 0 Å². The second-order valence-electron chi connectivity index (χ2n) is 2.69. The molecule has 0 radical (unpaired) electrons. The monoisotopic (exact) mass is 130 g/mol. The Balaban J connectivity index is 2.23. The van der Waals surface area contributed by atoms with Crippen LogP contribution >= 0.6 is 11.8 Å². The van der Waals surface area contributed by atoms with Crippen molar-refractivity contribution in [2.75, 3.05) is 0 Å². The largest absolute Gasteiger partial charge is 0.156 e. The van der Waals surface area contributed by atoms with Crippen LogP contribution in [0, 0.1) is 0 Å². The minimum absolute atomic E-state index is 0.929. The third-order valence-electron chi connectivity index (χ3n) is 1.69. The van der Waals surface area contributed by atoms with Crippen LogP contribution in [-0.2, 0) is 0 Å². The normalized spacial score (nSPS) is 39.8. The standard InChI is InChI=1S/C7H14S/c1-6-4-3-5-7(2)8-6/h6-7H,3-5H2,1-2H3/t6-,7?/m1/s1. The maximum atomic E-state index is 2.33. The van der Waals surface area contributed by atoms with E-state index in [0.717, 1.165) is 10.5 Å². The van der Waals surface area contributed by atoms with Gasteiger partial charge in [-0.1, -0.05) is 20.3 Å². The average Bonchev–Trinajstić information content (AvgIpc) is 1.64. The topological polar surface area (TPSA) is 0 Å². The molecule has 0 bridgehead atoms. The van der Waals surface area contributed by atoms with E-state index in [1.165, 1.54) is 19.3 Å². The summed E-state index contributed by atoms with van der Waals surface area (Å²) in [5.41, 5.74) is 0. The van der Waals surface area contributed by atoms with Gasteiger partial charge in [0.05, 0.1) is 0 Å². The van der Waals surface area contributed by atoms with Gasteiger partial charge in [0.1, 0.15) is 0 Å². The molecule has 0 saturated carbocycles. The zero-order valence-electron chi connectivity index (χ0n) is 5.68. The first-order valence-electron chi connectivity index (χ1n) is 3.44. The fourth-order valence-corrected chi connectivity index (χ4v) is 2.62. The van der Waals surface area contributed by atoms with Crippen molar-refractivity contribution in [3.8, 4) is 0 Å². The van der Waals surface area contributed by atoms with Crippen LogP contribution in [0.25, 0.3) is 0 Å². The number of hydrogen-bond acceptors (Lipinski definition) is 1. The van der Waals surface area contributed by atoms with Crippen molar-refractivity contribution in [1.29, 1.82) is 0 Å². The summed E-state index contributed by atoms with van der Waals surface area (Å²) in [5, 5.41) is 1.86. The smallest absolute Gasteiger partial charge is 0.00214 e. The first-order valence-corrected chi connectivity index (χ1v) is 4.39. The SMILES string of the molecule is CC1CCC[C@@H](C)S1. The first kappa shape index (κ1) is 6.47. The average molecular weight is 130 g/mol. The molecule has 1 fully saturated rings. The Morgan fingerprint density at radius 1 is 1.12 bits per heavy atom. The van der Waals surface area contributed by atoms with Crippen molar-refractivity contribution in [3.63, 3.8) is 0 Å². The molecule has 1 heterocycles. The van der Waals surface area contributed by atoms with Gasteiger partial charge in [-0.25, -0.2) is 0 Å². The zero-order valence-corrected chi connectivity index (χ0v) is 6.50. The molecular formula is C7H14S. The van der Waals surface area contributed by atoms with E-state index in [2.05, 4.69) is 25.6 Å². The van der Waals surface area contributed by atoms with Gasteiger partial charge in [-0.3, -0.25) is 0 Å². The van der Waals surface area contributed by atoms with Crippen LogP contribution in [0.2, 0.25) is 0 Å². The highest BCUT2D eigenvalue weighted by molar-refractivity contribution is 8.00. The Morgan fingerprint density at radius 3 is 1.88 bits per heavy atom. The predicted molar refractivity (Wildman–Crippen MR) is 40.4 cm³/mol. The fourth-order valence-electron chi connectivity index (χ4n) is 1.23. The molecular weight excluding hydrogens is 116 g/mol. The second kappa shape index (κ2) is 2.77. The maximum absolute atomic E-state index is 2.33. The van der Waals surface area contributed by atoms with Crippen molar-refractivity contribution in [2.45, 2.75) is 43.6 Å². The van der Waals surface area contributed by atoms with Gasteiger partial charge in [0.15, 0.2) is 0 Å². The number of rotatable bonds is 0. The minimum atomic E-state index is 0.929. The van der Waals surface area contributed by atoms with Crippen molar-refractivity contribution >= 4 is 11.8 Å². The summed E-state index contributed by atoms with van der Waals surface area (Å²) in [6.45, 7) is 4.67. The van der Waals surface area contributed by atoms with Crippen LogP contribution in [0.4, 0.5) is 0 Å². The molecule has 0 N–H and O–H groups in total. The van der Waals surface area contributed by atoms with Gasteiger partial charge in [0, 0.05) is 10.5 Å². The third kappa shape index (κ3) is 1.70. The van der Waals surface area contributed by atoms with Crippen molar-refractivity contribution in [2.24, 2.45) is 0 Å². The molecule has 1 heteroatoms. The zero-order chi connectivity index (χ0) is 5.98.